The van der Waals surface area contributed by atoms with Crippen molar-refractivity contribution in [1.82, 2.24) is 15.5 Å². The van der Waals surface area contributed by atoms with Gasteiger partial charge in [0, 0.05) is 25.0 Å². The van der Waals surface area contributed by atoms with Crippen LogP contribution in [-0.2, 0) is 6.42 Å². The van der Waals surface area contributed by atoms with Crippen LogP contribution in [-0.4, -0.2) is 23.2 Å². The lowest BCUT2D eigenvalue weighted by atomic mass is 10.4. The summed E-state index contributed by atoms with van der Waals surface area (Å²) in [7, 11) is 0. The van der Waals surface area contributed by atoms with Crippen LogP contribution in [0.5, 0.6) is 0 Å². The van der Waals surface area contributed by atoms with Crippen LogP contribution in [0.1, 0.15) is 11.7 Å². The highest BCUT2D eigenvalue weighted by atomic mass is 35.5. The summed E-state index contributed by atoms with van der Waals surface area (Å²) < 4.78 is 4.93. The summed E-state index contributed by atoms with van der Waals surface area (Å²) >= 11 is 5.34. The number of nitrogens with zero attached hydrogens (tertiary/aromatic N) is 2. The molecule has 1 aromatic heterocycles. The van der Waals surface area contributed by atoms with E-state index < -0.39 is 0 Å². The van der Waals surface area contributed by atoms with Crippen LogP contribution in [0.15, 0.2) is 16.1 Å². The monoisotopic (exact) mass is 201 g/mol. The molecule has 0 aliphatic heterocycles. The average molecular weight is 202 g/mol. The smallest absolute Gasteiger partial charge is 0.227 e. The van der Waals surface area contributed by atoms with E-state index in [1.54, 1.807) is 6.92 Å². The zero-order chi connectivity index (χ0) is 9.52. The van der Waals surface area contributed by atoms with Crippen molar-refractivity contribution in [2.75, 3.05) is 13.1 Å². The standard InChI is InChI=1S/C8H12ClN3O/c1-7-11-8(13-12-7)3-6-10-5-2-4-9/h2,4,10H,3,5-6H2,1H3/b4-2+. The Bertz CT molecular complexity index is 272. The molecule has 1 N–H and O–H groups in total. The predicted molar refractivity (Wildman–Crippen MR) is 50.6 cm³/mol. The summed E-state index contributed by atoms with van der Waals surface area (Å²) in [6.07, 6.45) is 2.58. The molecular weight excluding hydrogens is 190 g/mol. The predicted octanol–water partition coefficient (Wildman–Crippen LogP) is 1.26. The Labute approximate surface area is 82.0 Å². The van der Waals surface area contributed by atoms with Gasteiger partial charge in [-0.05, 0) is 6.92 Å². The molecule has 0 fully saturated rings. The minimum absolute atomic E-state index is 0.667. The highest BCUT2D eigenvalue weighted by Gasteiger charge is 2.00. The van der Waals surface area contributed by atoms with E-state index in [0.29, 0.717) is 11.7 Å². The van der Waals surface area contributed by atoms with Gasteiger partial charge in [-0.15, -0.1) is 0 Å². The molecule has 0 saturated carbocycles. The van der Waals surface area contributed by atoms with Gasteiger partial charge >= 0.3 is 0 Å². The molecule has 0 spiro atoms. The second kappa shape index (κ2) is 5.72. The van der Waals surface area contributed by atoms with Gasteiger partial charge in [0.1, 0.15) is 0 Å². The SMILES string of the molecule is Cc1noc(CCNC/C=C/Cl)n1. The normalized spacial score (nSPS) is 11.2. The van der Waals surface area contributed by atoms with Crippen molar-refractivity contribution in [3.8, 4) is 0 Å². The van der Waals surface area contributed by atoms with Crippen LogP contribution >= 0.6 is 11.6 Å². The third-order valence-electron chi connectivity index (χ3n) is 1.44. The Hall–Kier alpha value is -0.870. The maximum Gasteiger partial charge on any atom is 0.227 e. The molecule has 0 bridgehead atoms. The quantitative estimate of drug-likeness (QED) is 0.729. The molecule has 0 atom stereocenters. The van der Waals surface area contributed by atoms with Gasteiger partial charge in [-0.3, -0.25) is 0 Å². The summed E-state index contributed by atoms with van der Waals surface area (Å²) in [6.45, 7) is 3.37. The number of hydrogen-bond donors (Lipinski definition) is 1. The summed E-state index contributed by atoms with van der Waals surface area (Å²) in [5.74, 6) is 1.34. The molecule has 0 aromatic carbocycles. The van der Waals surface area contributed by atoms with Gasteiger partial charge in [-0.25, -0.2) is 0 Å². The summed E-state index contributed by atoms with van der Waals surface area (Å²) in [5.41, 5.74) is 1.49. The number of aromatic nitrogens is 2. The number of nitrogens with one attached hydrogen (secondary N) is 1. The van der Waals surface area contributed by atoms with Crippen LogP contribution in [0.4, 0.5) is 0 Å². The third kappa shape index (κ3) is 4.05. The molecular formula is C8H12ClN3O. The second-order valence-corrected chi connectivity index (χ2v) is 2.80. The van der Waals surface area contributed by atoms with Gasteiger partial charge in [0.25, 0.3) is 0 Å². The fourth-order valence-electron chi connectivity index (χ4n) is 0.867. The van der Waals surface area contributed by atoms with Crippen molar-refractivity contribution < 1.29 is 4.52 Å². The maximum absolute atomic E-state index is 5.34. The Balaban J connectivity index is 2.13. The molecule has 13 heavy (non-hydrogen) atoms. The van der Waals surface area contributed by atoms with Crippen molar-refractivity contribution in [1.29, 1.82) is 0 Å². The molecule has 0 radical (unpaired) electrons. The van der Waals surface area contributed by atoms with Gasteiger partial charge in [-0.2, -0.15) is 4.98 Å². The van der Waals surface area contributed by atoms with E-state index in [1.807, 2.05) is 6.08 Å². The summed E-state index contributed by atoms with van der Waals surface area (Å²) in [6, 6.07) is 0. The first-order valence-corrected chi connectivity index (χ1v) is 4.51. The zero-order valence-electron chi connectivity index (χ0n) is 7.46. The molecule has 0 aliphatic rings. The molecule has 0 saturated heterocycles. The lowest BCUT2D eigenvalue weighted by molar-refractivity contribution is 0.373. The topological polar surface area (TPSA) is 51.0 Å². The first-order chi connectivity index (χ1) is 6.33. The van der Waals surface area contributed by atoms with E-state index in [-0.39, 0.29) is 0 Å². The van der Waals surface area contributed by atoms with Gasteiger partial charge in [0.15, 0.2) is 5.82 Å². The minimum atomic E-state index is 0.667. The molecule has 0 unspecified atom stereocenters. The van der Waals surface area contributed by atoms with E-state index >= 15 is 0 Å². The fraction of sp³-hybridized carbons (Fsp3) is 0.500. The fourth-order valence-corrected chi connectivity index (χ4v) is 0.956. The van der Waals surface area contributed by atoms with Crippen molar-refractivity contribution in [2.45, 2.75) is 13.3 Å². The summed E-state index contributed by atoms with van der Waals surface area (Å²) in [5, 5.41) is 6.83. The van der Waals surface area contributed by atoms with Crippen LogP contribution in [0.3, 0.4) is 0 Å². The van der Waals surface area contributed by atoms with Crippen LogP contribution in [0.25, 0.3) is 0 Å². The van der Waals surface area contributed by atoms with Crippen LogP contribution in [0.2, 0.25) is 0 Å². The molecule has 72 valence electrons. The molecule has 1 heterocycles. The number of rotatable bonds is 5. The van der Waals surface area contributed by atoms with Crippen molar-refractivity contribution in [2.24, 2.45) is 0 Å². The lowest BCUT2D eigenvalue weighted by Gasteiger charge is -1.96. The Kier molecular flexibility index (Phi) is 4.49. The van der Waals surface area contributed by atoms with E-state index in [4.69, 9.17) is 16.1 Å². The van der Waals surface area contributed by atoms with Crippen molar-refractivity contribution >= 4 is 11.6 Å². The van der Waals surface area contributed by atoms with E-state index in [1.165, 1.54) is 5.54 Å². The maximum atomic E-state index is 5.34. The van der Waals surface area contributed by atoms with Gasteiger partial charge in [0.2, 0.25) is 5.89 Å². The van der Waals surface area contributed by atoms with Crippen molar-refractivity contribution in [3.05, 3.63) is 23.3 Å². The molecule has 1 rings (SSSR count). The highest BCUT2D eigenvalue weighted by molar-refractivity contribution is 6.25. The molecule has 5 heteroatoms. The van der Waals surface area contributed by atoms with E-state index in [0.717, 1.165) is 19.5 Å². The first-order valence-electron chi connectivity index (χ1n) is 4.08. The number of aryl methyl sites for hydroxylation is 1. The largest absolute Gasteiger partial charge is 0.339 e. The average Bonchev–Trinajstić information content (AvgIpc) is 2.51. The molecule has 0 aliphatic carbocycles. The highest BCUT2D eigenvalue weighted by Crippen LogP contribution is 1.95. The van der Waals surface area contributed by atoms with E-state index in [2.05, 4.69) is 15.5 Å². The Morgan fingerprint density at radius 1 is 1.62 bits per heavy atom. The van der Waals surface area contributed by atoms with E-state index in [9.17, 15) is 0 Å². The molecule has 4 nitrogen and oxygen atoms in total. The zero-order valence-corrected chi connectivity index (χ0v) is 8.21. The minimum Gasteiger partial charge on any atom is -0.339 e. The summed E-state index contributed by atoms with van der Waals surface area (Å²) in [4.78, 5) is 4.07. The first kappa shape index (κ1) is 10.2. The number of halogens is 1. The number of hydrogen-bond acceptors (Lipinski definition) is 4. The van der Waals surface area contributed by atoms with Gasteiger partial charge in [-0.1, -0.05) is 22.8 Å². The Morgan fingerprint density at radius 3 is 3.08 bits per heavy atom. The third-order valence-corrected chi connectivity index (χ3v) is 1.61. The second-order valence-electron chi connectivity index (χ2n) is 2.55. The van der Waals surface area contributed by atoms with Gasteiger partial charge in [0.05, 0.1) is 0 Å². The molecule has 1 aromatic rings. The lowest BCUT2D eigenvalue weighted by Crippen LogP contribution is -2.16. The molecule has 0 amide bonds. The van der Waals surface area contributed by atoms with Crippen LogP contribution in [0, 0.1) is 6.92 Å². The Morgan fingerprint density at radius 2 is 2.46 bits per heavy atom. The van der Waals surface area contributed by atoms with Crippen molar-refractivity contribution in [3.63, 3.8) is 0 Å². The van der Waals surface area contributed by atoms with Gasteiger partial charge < -0.3 is 9.84 Å². The van der Waals surface area contributed by atoms with Crippen LogP contribution < -0.4 is 5.32 Å².